The molecule has 0 atom stereocenters. The Balaban J connectivity index is 2.75. The van der Waals surface area contributed by atoms with Crippen molar-refractivity contribution >= 4 is 19.7 Å². The van der Waals surface area contributed by atoms with Crippen molar-refractivity contribution in [3.05, 3.63) is 35.4 Å². The molecule has 0 unspecified atom stereocenters. The van der Waals surface area contributed by atoms with Gasteiger partial charge < -0.3 is 4.74 Å². The number of hydrogen-bond donors (Lipinski definition) is 0. The summed E-state index contributed by atoms with van der Waals surface area (Å²) in [4.78, 5) is 0. The van der Waals surface area contributed by atoms with E-state index in [0.717, 1.165) is 12.0 Å². The Morgan fingerprint density at radius 3 is 2.06 bits per heavy atom. The largest absolute Gasteiger partial charge is 0.378 e. The Morgan fingerprint density at radius 2 is 1.65 bits per heavy atom. The molecule has 0 fully saturated rings. The van der Waals surface area contributed by atoms with E-state index < -0.39 is 9.05 Å². The van der Waals surface area contributed by atoms with Crippen LogP contribution in [0.5, 0.6) is 0 Å². The summed E-state index contributed by atoms with van der Waals surface area (Å²) in [5, 5.41) is 0. The van der Waals surface area contributed by atoms with E-state index in [0.29, 0.717) is 5.56 Å². The van der Waals surface area contributed by atoms with E-state index in [4.69, 9.17) is 15.4 Å². The van der Waals surface area contributed by atoms with Crippen molar-refractivity contribution in [1.82, 2.24) is 0 Å². The lowest BCUT2D eigenvalue weighted by Crippen LogP contribution is -2.25. The number of methoxy groups -OCH3 is 1. The van der Waals surface area contributed by atoms with E-state index in [-0.39, 0.29) is 11.4 Å². The average Bonchev–Trinajstić information content (AvgIpc) is 2.19. The minimum atomic E-state index is -3.48. The van der Waals surface area contributed by atoms with Crippen LogP contribution in [-0.2, 0) is 26.0 Å². The molecule has 1 aromatic carbocycles. The predicted molar refractivity (Wildman–Crippen MR) is 69.7 cm³/mol. The van der Waals surface area contributed by atoms with Gasteiger partial charge in [0.15, 0.2) is 0 Å². The number of hydrogen-bond acceptors (Lipinski definition) is 3. The van der Waals surface area contributed by atoms with Crippen LogP contribution in [0.3, 0.4) is 0 Å². The fourth-order valence-electron chi connectivity index (χ4n) is 1.52. The highest BCUT2D eigenvalue weighted by Crippen LogP contribution is 2.17. The molecule has 0 amide bonds. The van der Waals surface area contributed by atoms with Gasteiger partial charge in [0.2, 0.25) is 9.05 Å². The van der Waals surface area contributed by atoms with Crippen LogP contribution in [0.15, 0.2) is 24.3 Å². The fraction of sp³-hybridized carbons (Fsp3) is 0.500. The Labute approximate surface area is 107 Å². The molecule has 3 nitrogen and oxygen atoms in total. The Bertz CT molecular complexity index is 463. The molecule has 0 bridgehead atoms. The molecule has 17 heavy (non-hydrogen) atoms. The zero-order chi connectivity index (χ0) is 13.1. The summed E-state index contributed by atoms with van der Waals surface area (Å²) in [5.41, 5.74) is 1.58. The first kappa shape index (κ1) is 14.5. The zero-order valence-electron chi connectivity index (χ0n) is 10.2. The van der Waals surface area contributed by atoms with Crippen molar-refractivity contribution in [3.8, 4) is 0 Å². The summed E-state index contributed by atoms with van der Waals surface area (Å²) in [6.45, 7) is 4.01. The van der Waals surface area contributed by atoms with Gasteiger partial charge in [0, 0.05) is 24.2 Å². The summed E-state index contributed by atoms with van der Waals surface area (Å²) < 4.78 is 27.1. The van der Waals surface area contributed by atoms with Crippen LogP contribution >= 0.6 is 10.7 Å². The molecule has 0 spiro atoms. The molecule has 0 aromatic heterocycles. The normalized spacial score (nSPS) is 12.7. The van der Waals surface area contributed by atoms with Crippen LogP contribution in [0.2, 0.25) is 0 Å². The molecular formula is C12H17ClO3S. The first-order valence-electron chi connectivity index (χ1n) is 5.27. The third-order valence-corrected chi connectivity index (χ3v) is 3.55. The van der Waals surface area contributed by atoms with E-state index in [9.17, 15) is 8.42 Å². The van der Waals surface area contributed by atoms with Gasteiger partial charge in [-0.15, -0.1) is 0 Å². The second-order valence-electron chi connectivity index (χ2n) is 4.64. The molecule has 5 heteroatoms. The van der Waals surface area contributed by atoms with Gasteiger partial charge in [0.1, 0.15) is 0 Å². The molecule has 0 aliphatic carbocycles. The summed E-state index contributed by atoms with van der Waals surface area (Å²) >= 11 is 0. The second-order valence-corrected chi connectivity index (χ2v) is 7.42. The molecule has 0 radical (unpaired) electrons. The maximum atomic E-state index is 10.9. The maximum Gasteiger partial charge on any atom is 0.236 e. The van der Waals surface area contributed by atoms with Crippen molar-refractivity contribution in [2.75, 3.05) is 7.11 Å². The molecule has 0 aliphatic heterocycles. The predicted octanol–water partition coefficient (Wildman–Crippen LogP) is 2.72. The lowest BCUT2D eigenvalue weighted by atomic mass is 9.98. The third kappa shape index (κ3) is 5.52. The smallest absolute Gasteiger partial charge is 0.236 e. The van der Waals surface area contributed by atoms with Crippen molar-refractivity contribution < 1.29 is 13.2 Å². The van der Waals surface area contributed by atoms with Gasteiger partial charge in [-0.1, -0.05) is 24.3 Å². The average molecular weight is 277 g/mol. The molecule has 1 aromatic rings. The summed E-state index contributed by atoms with van der Waals surface area (Å²) in [6, 6.07) is 7.36. The summed E-state index contributed by atoms with van der Waals surface area (Å²) in [5.74, 6) is -0.136. The van der Waals surface area contributed by atoms with Crippen molar-refractivity contribution in [2.24, 2.45) is 0 Å². The van der Waals surface area contributed by atoms with Gasteiger partial charge in [0.05, 0.1) is 11.4 Å². The maximum absolute atomic E-state index is 10.9. The van der Waals surface area contributed by atoms with Gasteiger partial charge in [-0.3, -0.25) is 0 Å². The third-order valence-electron chi connectivity index (χ3n) is 2.54. The molecule has 0 N–H and O–H groups in total. The standard InChI is InChI=1S/C12H17ClO3S/c1-12(2,16-3)8-10-4-6-11(7-5-10)9-17(13,14)15/h4-7H,8-9H2,1-3H3. The topological polar surface area (TPSA) is 43.4 Å². The van der Waals surface area contributed by atoms with Crippen molar-refractivity contribution in [1.29, 1.82) is 0 Å². The highest BCUT2D eigenvalue weighted by atomic mass is 35.7. The summed E-state index contributed by atoms with van der Waals surface area (Å²) in [7, 11) is 3.38. The van der Waals surface area contributed by atoms with Gasteiger partial charge in [-0.05, 0) is 25.0 Å². The van der Waals surface area contributed by atoms with Crippen LogP contribution in [0.25, 0.3) is 0 Å². The van der Waals surface area contributed by atoms with Crippen LogP contribution < -0.4 is 0 Å². The Hall–Kier alpha value is -0.580. The number of benzene rings is 1. The van der Waals surface area contributed by atoms with Crippen LogP contribution in [0, 0.1) is 0 Å². The lowest BCUT2D eigenvalue weighted by Gasteiger charge is -2.22. The van der Waals surface area contributed by atoms with E-state index in [2.05, 4.69) is 0 Å². The quantitative estimate of drug-likeness (QED) is 0.777. The monoisotopic (exact) mass is 276 g/mol. The minimum absolute atomic E-state index is 0.136. The van der Waals surface area contributed by atoms with E-state index in [1.54, 1.807) is 19.2 Å². The zero-order valence-corrected chi connectivity index (χ0v) is 11.8. The van der Waals surface area contributed by atoms with Crippen LogP contribution in [-0.4, -0.2) is 21.1 Å². The molecule has 0 aliphatic rings. The van der Waals surface area contributed by atoms with Gasteiger partial charge in [0.25, 0.3) is 0 Å². The molecular weight excluding hydrogens is 260 g/mol. The van der Waals surface area contributed by atoms with Crippen molar-refractivity contribution in [2.45, 2.75) is 31.6 Å². The van der Waals surface area contributed by atoms with E-state index in [1.165, 1.54) is 0 Å². The molecule has 96 valence electrons. The van der Waals surface area contributed by atoms with Crippen LogP contribution in [0.1, 0.15) is 25.0 Å². The number of rotatable bonds is 5. The van der Waals surface area contributed by atoms with Gasteiger partial charge >= 0.3 is 0 Å². The Morgan fingerprint density at radius 1 is 1.18 bits per heavy atom. The SMILES string of the molecule is COC(C)(C)Cc1ccc(CS(=O)(=O)Cl)cc1. The van der Waals surface area contributed by atoms with Crippen LogP contribution in [0.4, 0.5) is 0 Å². The summed E-state index contributed by atoms with van der Waals surface area (Å²) in [6.07, 6.45) is 0.775. The van der Waals surface area contributed by atoms with E-state index in [1.807, 2.05) is 26.0 Å². The fourth-order valence-corrected chi connectivity index (χ4v) is 2.48. The van der Waals surface area contributed by atoms with E-state index >= 15 is 0 Å². The molecule has 0 heterocycles. The number of halogens is 1. The first-order chi connectivity index (χ1) is 7.72. The molecule has 1 rings (SSSR count). The number of ether oxygens (including phenoxy) is 1. The highest BCUT2D eigenvalue weighted by Gasteiger charge is 2.17. The minimum Gasteiger partial charge on any atom is -0.378 e. The molecule has 0 saturated heterocycles. The van der Waals surface area contributed by atoms with Crippen molar-refractivity contribution in [3.63, 3.8) is 0 Å². The highest BCUT2D eigenvalue weighted by molar-refractivity contribution is 8.13. The van der Waals surface area contributed by atoms with Gasteiger partial charge in [-0.25, -0.2) is 8.42 Å². The lowest BCUT2D eigenvalue weighted by molar-refractivity contribution is 0.0232. The first-order valence-corrected chi connectivity index (χ1v) is 7.75. The van der Waals surface area contributed by atoms with Gasteiger partial charge in [-0.2, -0.15) is 0 Å². The second kappa shape index (κ2) is 5.38. The molecule has 0 saturated carbocycles. The Kier molecular flexibility index (Phi) is 4.58.